The van der Waals surface area contributed by atoms with E-state index in [9.17, 15) is 8.78 Å². The molecule has 8 nitrogen and oxygen atoms in total. The lowest BCUT2D eigenvalue weighted by molar-refractivity contribution is 0.286. The summed E-state index contributed by atoms with van der Waals surface area (Å²) in [7, 11) is 0. The number of likely N-dealkylation sites (tertiary alicyclic amines) is 1. The van der Waals surface area contributed by atoms with Gasteiger partial charge in [-0.25, -0.2) is 28.7 Å². The van der Waals surface area contributed by atoms with Crippen molar-refractivity contribution in [3.05, 3.63) is 54.1 Å². The predicted molar refractivity (Wildman–Crippen MR) is 149 cm³/mol. The summed E-state index contributed by atoms with van der Waals surface area (Å²) < 4.78 is 31.8. The van der Waals surface area contributed by atoms with E-state index >= 15 is 0 Å². The molecule has 1 unspecified atom stereocenters. The first-order valence-corrected chi connectivity index (χ1v) is 13.7. The van der Waals surface area contributed by atoms with Crippen molar-refractivity contribution < 1.29 is 8.78 Å². The van der Waals surface area contributed by atoms with Gasteiger partial charge in [0, 0.05) is 36.7 Å². The van der Waals surface area contributed by atoms with Crippen LogP contribution in [0.2, 0.25) is 0 Å². The lowest BCUT2D eigenvalue weighted by atomic mass is 9.86. The molecule has 2 aliphatic heterocycles. The minimum absolute atomic E-state index is 0.0131. The number of nitrogens with one attached hydrogen (secondary N) is 1. The van der Waals surface area contributed by atoms with Crippen molar-refractivity contribution in [2.24, 2.45) is 5.41 Å². The maximum absolute atomic E-state index is 15.0. The van der Waals surface area contributed by atoms with E-state index in [1.807, 2.05) is 43.7 Å². The van der Waals surface area contributed by atoms with Crippen LogP contribution in [-0.2, 0) is 0 Å². The molecule has 2 fully saturated rings. The van der Waals surface area contributed by atoms with Gasteiger partial charge in [0.1, 0.15) is 22.9 Å². The number of pyridine rings is 1. The summed E-state index contributed by atoms with van der Waals surface area (Å²) in [6, 6.07) is 7.00. The lowest BCUT2D eigenvalue weighted by Crippen LogP contribution is -2.30. The Balaban J connectivity index is 1.22. The van der Waals surface area contributed by atoms with E-state index in [1.54, 1.807) is 6.07 Å². The molecule has 1 atom stereocenters. The fourth-order valence-corrected chi connectivity index (χ4v) is 6.24. The zero-order chi connectivity index (χ0) is 27.3. The second-order valence-corrected chi connectivity index (χ2v) is 11.2. The van der Waals surface area contributed by atoms with Crippen LogP contribution in [0.25, 0.3) is 22.3 Å². The highest BCUT2D eigenvalue weighted by Crippen LogP contribution is 2.41. The van der Waals surface area contributed by atoms with Crippen LogP contribution in [-0.4, -0.2) is 62.1 Å². The number of hydrogen-bond donors (Lipinski definition) is 1. The smallest absolute Gasteiger partial charge is 0.229 e. The summed E-state index contributed by atoms with van der Waals surface area (Å²) in [5, 5.41) is 3.07. The summed E-state index contributed by atoms with van der Waals surface area (Å²) in [5.41, 5.74) is 2.68. The third kappa shape index (κ3) is 4.71. The van der Waals surface area contributed by atoms with E-state index in [0.29, 0.717) is 28.1 Å². The van der Waals surface area contributed by atoms with E-state index in [2.05, 4.69) is 42.0 Å². The van der Waals surface area contributed by atoms with Crippen LogP contribution < -0.4 is 10.2 Å². The molecule has 2 aliphatic rings. The molecule has 1 N–H and O–H groups in total. The van der Waals surface area contributed by atoms with Crippen molar-refractivity contribution in [2.45, 2.75) is 46.6 Å². The van der Waals surface area contributed by atoms with Crippen LogP contribution in [0.4, 0.5) is 26.2 Å². The van der Waals surface area contributed by atoms with Gasteiger partial charge >= 0.3 is 0 Å². The number of nitrogens with zero attached hydrogens (tertiary/aromatic N) is 7. The monoisotopic (exact) mass is 532 g/mol. The average Bonchev–Trinajstić information content (AvgIpc) is 3.62. The Morgan fingerprint density at radius 3 is 2.54 bits per heavy atom. The third-order valence-corrected chi connectivity index (χ3v) is 8.21. The maximum atomic E-state index is 15.0. The van der Waals surface area contributed by atoms with Crippen LogP contribution in [0.15, 0.2) is 36.7 Å². The molecule has 0 bridgehead atoms. The zero-order valence-corrected chi connectivity index (χ0v) is 22.9. The quantitative estimate of drug-likeness (QED) is 0.340. The first kappa shape index (κ1) is 25.6. The Labute approximate surface area is 227 Å². The standard InChI is InChI=1S/C29H34F2N8/c1-5-37-10-8-29(16-37)9-11-38(17-29)21-6-7-25(32-14-21)35-28-33-15-23(31)26(36-28)20-12-22(30)27-24(13-20)39(18(2)3)19(4)34-27/h6-7,12-15,18H,5,8-11,16-17H2,1-4H3,(H,32,33,35,36). The molecule has 2 saturated heterocycles. The molecule has 0 radical (unpaired) electrons. The molecule has 1 spiro atoms. The average molecular weight is 533 g/mol. The topological polar surface area (TPSA) is 75.0 Å². The number of rotatable bonds is 6. The Hall–Kier alpha value is -3.66. The summed E-state index contributed by atoms with van der Waals surface area (Å²) in [6.07, 6.45) is 5.42. The Morgan fingerprint density at radius 1 is 1.00 bits per heavy atom. The number of benzene rings is 1. The summed E-state index contributed by atoms with van der Waals surface area (Å²) >= 11 is 0. The van der Waals surface area contributed by atoms with Crippen molar-refractivity contribution in [1.29, 1.82) is 0 Å². The van der Waals surface area contributed by atoms with Crippen LogP contribution in [0.3, 0.4) is 0 Å². The van der Waals surface area contributed by atoms with Gasteiger partial charge in [-0.2, -0.15) is 0 Å². The number of hydrogen-bond acceptors (Lipinski definition) is 7. The molecule has 4 aromatic rings. The highest BCUT2D eigenvalue weighted by atomic mass is 19.1. The summed E-state index contributed by atoms with van der Waals surface area (Å²) in [4.78, 5) is 22.4. The first-order chi connectivity index (χ1) is 18.7. The molecule has 3 aromatic heterocycles. The van der Waals surface area contributed by atoms with Gasteiger partial charge in [0.15, 0.2) is 11.6 Å². The van der Waals surface area contributed by atoms with Gasteiger partial charge in [0.2, 0.25) is 5.95 Å². The van der Waals surface area contributed by atoms with Crippen molar-refractivity contribution in [3.63, 3.8) is 0 Å². The van der Waals surface area contributed by atoms with E-state index in [0.717, 1.165) is 31.5 Å². The van der Waals surface area contributed by atoms with Crippen molar-refractivity contribution in [2.75, 3.05) is 42.9 Å². The molecule has 1 aromatic carbocycles. The molecule has 0 aliphatic carbocycles. The fraction of sp³-hybridized carbons (Fsp3) is 0.448. The van der Waals surface area contributed by atoms with E-state index < -0.39 is 11.6 Å². The summed E-state index contributed by atoms with van der Waals surface area (Å²) in [5.74, 6) is 0.293. The number of aryl methyl sites for hydroxylation is 1. The number of fused-ring (bicyclic) bond motifs is 1. The SMILES string of the molecule is CCN1CCC2(CCN(c3ccc(Nc4ncc(F)c(-c5cc(F)c6nc(C)n(C(C)C)c6c5)n4)nc3)C2)C1. The number of halogens is 2. The maximum Gasteiger partial charge on any atom is 0.229 e. The van der Waals surface area contributed by atoms with Crippen molar-refractivity contribution >= 4 is 28.5 Å². The Kier molecular flexibility index (Phi) is 6.45. The molecular weight excluding hydrogens is 498 g/mol. The van der Waals surface area contributed by atoms with E-state index in [-0.39, 0.29) is 23.2 Å². The molecule has 0 amide bonds. The number of imidazole rings is 1. The minimum Gasteiger partial charge on any atom is -0.370 e. The highest BCUT2D eigenvalue weighted by molar-refractivity contribution is 5.83. The predicted octanol–water partition coefficient (Wildman–Crippen LogP) is 5.72. The van der Waals surface area contributed by atoms with Crippen LogP contribution in [0.5, 0.6) is 0 Å². The summed E-state index contributed by atoms with van der Waals surface area (Å²) in [6.45, 7) is 13.6. The normalized spacial score (nSPS) is 19.7. The zero-order valence-electron chi connectivity index (χ0n) is 22.9. The molecule has 0 saturated carbocycles. The van der Waals surface area contributed by atoms with E-state index in [4.69, 9.17) is 0 Å². The molecule has 5 heterocycles. The molecule has 39 heavy (non-hydrogen) atoms. The second-order valence-electron chi connectivity index (χ2n) is 11.2. The van der Waals surface area contributed by atoms with Gasteiger partial charge < -0.3 is 19.7 Å². The molecular formula is C29H34F2N8. The molecule has 6 rings (SSSR count). The Bertz CT molecular complexity index is 1520. The van der Waals surface area contributed by atoms with Gasteiger partial charge in [0.05, 0.1) is 23.6 Å². The second kappa shape index (κ2) is 9.82. The van der Waals surface area contributed by atoms with Gasteiger partial charge in [-0.15, -0.1) is 0 Å². The van der Waals surface area contributed by atoms with Crippen molar-refractivity contribution in [1.82, 2.24) is 29.4 Å². The first-order valence-electron chi connectivity index (χ1n) is 13.7. The largest absolute Gasteiger partial charge is 0.370 e. The van der Waals surface area contributed by atoms with Gasteiger partial charge in [0.25, 0.3) is 0 Å². The fourth-order valence-electron chi connectivity index (χ4n) is 6.24. The van der Waals surface area contributed by atoms with Gasteiger partial charge in [-0.3, -0.25) is 0 Å². The Morgan fingerprint density at radius 2 is 1.82 bits per heavy atom. The lowest BCUT2D eigenvalue weighted by Gasteiger charge is -2.25. The van der Waals surface area contributed by atoms with Crippen molar-refractivity contribution in [3.8, 4) is 11.3 Å². The molecule has 204 valence electrons. The van der Waals surface area contributed by atoms with Crippen LogP contribution in [0.1, 0.15) is 45.5 Å². The van der Waals surface area contributed by atoms with Crippen LogP contribution in [0, 0.1) is 24.0 Å². The van der Waals surface area contributed by atoms with E-state index in [1.165, 1.54) is 32.0 Å². The molecule has 10 heteroatoms. The van der Waals surface area contributed by atoms with Gasteiger partial charge in [-0.1, -0.05) is 6.92 Å². The highest BCUT2D eigenvalue weighted by Gasteiger charge is 2.43. The van der Waals surface area contributed by atoms with Crippen LogP contribution >= 0.6 is 0 Å². The number of anilines is 3. The third-order valence-electron chi connectivity index (χ3n) is 8.21. The number of aromatic nitrogens is 5. The van der Waals surface area contributed by atoms with Gasteiger partial charge in [-0.05, 0) is 71.0 Å². The minimum atomic E-state index is -0.633.